The lowest BCUT2D eigenvalue weighted by molar-refractivity contribution is -0.274. The lowest BCUT2D eigenvalue weighted by Gasteiger charge is -2.28. The second kappa shape index (κ2) is 11.6. The number of halogens is 3. The Morgan fingerprint density at radius 2 is 1.57 bits per heavy atom. The second-order valence-electron chi connectivity index (χ2n) is 7.76. The van der Waals surface area contributed by atoms with Crippen molar-refractivity contribution in [3.8, 4) is 17.2 Å². The minimum atomic E-state index is -4.80. The zero-order valence-electron chi connectivity index (χ0n) is 18.5. The summed E-state index contributed by atoms with van der Waals surface area (Å²) in [5, 5.41) is 11.4. The quantitative estimate of drug-likeness (QED) is 0.491. The lowest BCUT2D eigenvalue weighted by Crippen LogP contribution is -2.43. The zero-order chi connectivity index (χ0) is 25.5. The van der Waals surface area contributed by atoms with Crippen molar-refractivity contribution in [2.45, 2.75) is 23.7 Å². The fraction of sp³-hybridized carbons (Fsp3) is 0.409. The molecule has 13 heteroatoms. The Kier molecular flexibility index (Phi) is 8.81. The van der Waals surface area contributed by atoms with E-state index in [1.54, 1.807) is 0 Å². The van der Waals surface area contributed by atoms with Crippen molar-refractivity contribution in [2.75, 3.05) is 38.6 Å². The molecule has 1 atom stereocenters. The smallest absolute Gasteiger partial charge is 0.465 e. The van der Waals surface area contributed by atoms with Gasteiger partial charge in [-0.05, 0) is 55.0 Å². The molecule has 1 heterocycles. The highest BCUT2D eigenvalue weighted by Gasteiger charge is 2.31. The van der Waals surface area contributed by atoms with Gasteiger partial charge in [0.1, 0.15) is 17.2 Å². The summed E-state index contributed by atoms with van der Waals surface area (Å²) in [5.41, 5.74) is 0. The van der Waals surface area contributed by atoms with Crippen LogP contribution in [0.5, 0.6) is 17.2 Å². The van der Waals surface area contributed by atoms with Gasteiger partial charge in [0, 0.05) is 25.7 Å². The number of alkyl halides is 3. The molecular weight excluding hydrogens is 493 g/mol. The molecule has 2 aromatic carbocycles. The number of carboxylic acid groups (broad SMARTS) is 1. The highest BCUT2D eigenvalue weighted by molar-refractivity contribution is 7.91. The van der Waals surface area contributed by atoms with E-state index < -0.39 is 39.8 Å². The number of nitrogens with zero attached hydrogens (tertiary/aromatic N) is 1. The largest absolute Gasteiger partial charge is 0.573 e. The highest BCUT2D eigenvalue weighted by atomic mass is 32.2. The number of rotatable bonds is 10. The number of hydrogen-bond acceptors (Lipinski definition) is 7. The molecule has 2 N–H and O–H groups in total. The first-order valence-electron chi connectivity index (χ1n) is 10.7. The van der Waals surface area contributed by atoms with Gasteiger partial charge in [0.05, 0.1) is 23.9 Å². The number of carbonyl (C=O) groups is 1. The summed E-state index contributed by atoms with van der Waals surface area (Å²) in [6, 6.07) is 9.40. The van der Waals surface area contributed by atoms with E-state index in [1.165, 1.54) is 36.4 Å². The molecule has 0 spiro atoms. The van der Waals surface area contributed by atoms with Crippen LogP contribution in [0.15, 0.2) is 53.4 Å². The molecule has 0 radical (unpaired) electrons. The van der Waals surface area contributed by atoms with E-state index in [9.17, 15) is 26.4 Å². The van der Waals surface area contributed by atoms with E-state index in [1.807, 2.05) is 0 Å². The van der Waals surface area contributed by atoms with Crippen LogP contribution in [-0.2, 0) is 14.6 Å². The monoisotopic (exact) mass is 518 g/mol. The van der Waals surface area contributed by atoms with Crippen LogP contribution in [0.25, 0.3) is 0 Å². The van der Waals surface area contributed by atoms with Gasteiger partial charge in [-0.3, -0.25) is 4.90 Å². The molecule has 1 aliphatic heterocycles. The third kappa shape index (κ3) is 8.92. The third-order valence-electron chi connectivity index (χ3n) is 5.12. The number of benzene rings is 2. The predicted molar refractivity (Wildman–Crippen MR) is 119 cm³/mol. The summed E-state index contributed by atoms with van der Waals surface area (Å²) in [6.45, 7) is 3.09. The first-order chi connectivity index (χ1) is 16.5. The van der Waals surface area contributed by atoms with Gasteiger partial charge in [-0.25, -0.2) is 13.2 Å². The van der Waals surface area contributed by atoms with Crippen LogP contribution in [0.1, 0.15) is 6.42 Å². The number of morpholine rings is 1. The molecule has 1 fully saturated rings. The molecule has 0 bridgehead atoms. The van der Waals surface area contributed by atoms with Crippen molar-refractivity contribution in [3.05, 3.63) is 48.5 Å². The Morgan fingerprint density at radius 3 is 2.11 bits per heavy atom. The van der Waals surface area contributed by atoms with Crippen LogP contribution in [0.2, 0.25) is 0 Å². The average Bonchev–Trinajstić information content (AvgIpc) is 2.78. The zero-order valence-corrected chi connectivity index (χ0v) is 19.3. The molecule has 3 rings (SSSR count). The normalized spacial score (nSPS) is 15.9. The van der Waals surface area contributed by atoms with Gasteiger partial charge in [0.15, 0.2) is 9.84 Å². The van der Waals surface area contributed by atoms with Gasteiger partial charge < -0.3 is 24.6 Å². The van der Waals surface area contributed by atoms with Crippen molar-refractivity contribution >= 4 is 15.9 Å². The van der Waals surface area contributed by atoms with E-state index in [4.69, 9.17) is 14.6 Å². The van der Waals surface area contributed by atoms with Gasteiger partial charge in [0.2, 0.25) is 0 Å². The molecule has 1 saturated heterocycles. The number of ether oxygens (including phenoxy) is 3. The third-order valence-corrected chi connectivity index (χ3v) is 6.95. The lowest BCUT2D eigenvalue weighted by atomic mass is 10.2. The molecule has 1 unspecified atom stereocenters. The summed E-state index contributed by atoms with van der Waals surface area (Å²) < 4.78 is 77.1. The first-order valence-corrected chi connectivity index (χ1v) is 12.3. The average molecular weight is 519 g/mol. The summed E-state index contributed by atoms with van der Waals surface area (Å²) in [5.74, 6) is -0.320. The van der Waals surface area contributed by atoms with E-state index in [0.29, 0.717) is 39.3 Å². The molecule has 0 saturated carbocycles. The molecule has 0 aliphatic carbocycles. The van der Waals surface area contributed by atoms with E-state index in [0.717, 1.165) is 12.1 Å². The maximum atomic E-state index is 12.9. The number of nitrogens with one attached hydrogen (secondary N) is 1. The SMILES string of the molecule is O=C(O)NC(CCN1CCOCC1)CS(=O)(=O)c1ccc(Oc2ccc(OC(F)(F)F)cc2)cc1. The van der Waals surface area contributed by atoms with Gasteiger partial charge in [-0.1, -0.05) is 0 Å². The number of sulfone groups is 1. The molecule has 35 heavy (non-hydrogen) atoms. The summed E-state index contributed by atoms with van der Waals surface area (Å²) in [7, 11) is -3.82. The van der Waals surface area contributed by atoms with Crippen LogP contribution in [0.3, 0.4) is 0 Å². The van der Waals surface area contributed by atoms with Gasteiger partial charge >= 0.3 is 12.5 Å². The topological polar surface area (TPSA) is 114 Å². The molecule has 9 nitrogen and oxygen atoms in total. The van der Waals surface area contributed by atoms with Crippen molar-refractivity contribution in [1.29, 1.82) is 0 Å². The maximum Gasteiger partial charge on any atom is 0.573 e. The minimum Gasteiger partial charge on any atom is -0.465 e. The Morgan fingerprint density at radius 1 is 1.03 bits per heavy atom. The Hall–Kier alpha value is -3.03. The Bertz CT molecular complexity index is 1070. The van der Waals surface area contributed by atoms with Crippen LogP contribution in [0, 0.1) is 0 Å². The van der Waals surface area contributed by atoms with Crippen LogP contribution in [0.4, 0.5) is 18.0 Å². The molecule has 0 aromatic heterocycles. The summed E-state index contributed by atoms with van der Waals surface area (Å²) in [6.07, 6.45) is -5.78. The predicted octanol–water partition coefficient (Wildman–Crippen LogP) is 3.51. The van der Waals surface area contributed by atoms with Crippen molar-refractivity contribution in [2.24, 2.45) is 0 Å². The number of amides is 1. The molecule has 1 amide bonds. The Labute approximate surface area is 200 Å². The highest BCUT2D eigenvalue weighted by Crippen LogP contribution is 2.28. The van der Waals surface area contributed by atoms with Crippen LogP contribution in [-0.4, -0.2) is 75.5 Å². The first kappa shape index (κ1) is 26.6. The van der Waals surface area contributed by atoms with Crippen molar-refractivity contribution < 1.29 is 45.7 Å². The second-order valence-corrected chi connectivity index (χ2v) is 9.80. The fourth-order valence-electron chi connectivity index (χ4n) is 3.46. The van der Waals surface area contributed by atoms with Crippen LogP contribution < -0.4 is 14.8 Å². The molecule has 2 aromatic rings. The van der Waals surface area contributed by atoms with E-state index in [-0.39, 0.29) is 16.4 Å². The maximum absolute atomic E-state index is 12.9. The molecule has 192 valence electrons. The Balaban J connectivity index is 1.60. The van der Waals surface area contributed by atoms with Crippen molar-refractivity contribution in [3.63, 3.8) is 0 Å². The minimum absolute atomic E-state index is 0.0117. The molecular formula is C22H25F3N2O7S. The standard InChI is InChI=1S/C22H25F3N2O7S/c23-22(24,25)34-19-3-1-17(2-4-19)33-18-5-7-20(8-6-18)35(30,31)15-16(26-21(28)29)9-10-27-11-13-32-14-12-27/h1-8,16,26H,9-15H2,(H,28,29). The number of hydrogen-bond donors (Lipinski definition) is 2. The molecule has 1 aliphatic rings. The van der Waals surface area contributed by atoms with Gasteiger partial charge in [-0.15, -0.1) is 13.2 Å². The summed E-state index contributed by atoms with van der Waals surface area (Å²) in [4.78, 5) is 13.2. The fourth-order valence-corrected chi connectivity index (χ4v) is 4.98. The van der Waals surface area contributed by atoms with Crippen molar-refractivity contribution in [1.82, 2.24) is 10.2 Å². The van der Waals surface area contributed by atoms with Crippen LogP contribution >= 0.6 is 0 Å². The van der Waals surface area contributed by atoms with E-state index in [2.05, 4.69) is 15.0 Å². The summed E-state index contributed by atoms with van der Waals surface area (Å²) >= 11 is 0. The van der Waals surface area contributed by atoms with Gasteiger partial charge in [-0.2, -0.15) is 0 Å². The van der Waals surface area contributed by atoms with Gasteiger partial charge in [0.25, 0.3) is 0 Å². The van der Waals surface area contributed by atoms with E-state index >= 15 is 0 Å².